The third-order valence-corrected chi connectivity index (χ3v) is 4.29. The Balaban J connectivity index is 1.98. The number of carbonyl (C=O) groups is 1. The third kappa shape index (κ3) is 2.89. The molecule has 1 atom stereocenters. The molecule has 108 valence electrons. The molecule has 1 amide bonds. The van der Waals surface area contributed by atoms with Crippen molar-refractivity contribution in [1.82, 2.24) is 0 Å². The van der Waals surface area contributed by atoms with Crippen molar-refractivity contribution in [2.45, 2.75) is 18.2 Å². The average molecular weight is 324 g/mol. The van der Waals surface area contributed by atoms with E-state index in [2.05, 4.69) is 5.32 Å². The number of carbonyl (C=O) groups excluding carboxylic acids is 1. The van der Waals surface area contributed by atoms with Crippen molar-refractivity contribution in [3.05, 3.63) is 63.9 Å². The van der Waals surface area contributed by atoms with Crippen LogP contribution in [0.2, 0.25) is 5.02 Å². The first-order chi connectivity index (χ1) is 10.0. The molecule has 0 saturated heterocycles. The fraction of sp³-hybridized carbons (Fsp3) is 0.188. The van der Waals surface area contributed by atoms with Gasteiger partial charge < -0.3 is 5.32 Å². The van der Waals surface area contributed by atoms with Crippen LogP contribution in [-0.2, 0) is 11.2 Å². The topological polar surface area (TPSA) is 29.1 Å². The van der Waals surface area contributed by atoms with Crippen LogP contribution >= 0.6 is 23.2 Å². The summed E-state index contributed by atoms with van der Waals surface area (Å²) < 4.78 is 14.3. The maximum absolute atomic E-state index is 14.3. The Morgan fingerprint density at radius 3 is 2.57 bits per heavy atom. The molecule has 21 heavy (non-hydrogen) atoms. The number of hydrogen-bond acceptors (Lipinski definition) is 1. The summed E-state index contributed by atoms with van der Waals surface area (Å²) in [4.78, 5) is 11.3. The number of fused-ring (bicyclic) bond motifs is 1. The number of anilines is 1. The fourth-order valence-corrected chi connectivity index (χ4v) is 2.87. The van der Waals surface area contributed by atoms with Gasteiger partial charge in [0.15, 0.2) is 0 Å². The first-order valence-corrected chi connectivity index (χ1v) is 7.38. The maximum Gasteiger partial charge on any atom is 0.224 e. The van der Waals surface area contributed by atoms with Crippen LogP contribution in [0.4, 0.5) is 10.1 Å². The Morgan fingerprint density at radius 2 is 1.86 bits per heavy atom. The Labute approximate surface area is 131 Å². The van der Waals surface area contributed by atoms with E-state index in [9.17, 15) is 9.18 Å². The molecule has 0 radical (unpaired) electrons. The minimum Gasteiger partial charge on any atom is -0.326 e. The van der Waals surface area contributed by atoms with Gasteiger partial charge in [0.1, 0.15) is 5.82 Å². The fourth-order valence-electron chi connectivity index (χ4n) is 2.43. The molecule has 0 aliphatic carbocycles. The molecule has 0 aromatic heterocycles. The van der Waals surface area contributed by atoms with E-state index in [1.54, 1.807) is 30.3 Å². The zero-order chi connectivity index (χ0) is 15.0. The van der Waals surface area contributed by atoms with E-state index in [0.717, 1.165) is 11.1 Å². The molecule has 2 nitrogen and oxygen atoms in total. The van der Waals surface area contributed by atoms with E-state index in [1.807, 2.05) is 0 Å². The molecule has 0 saturated carbocycles. The van der Waals surface area contributed by atoms with Crippen molar-refractivity contribution >= 4 is 34.8 Å². The van der Waals surface area contributed by atoms with Gasteiger partial charge in [0, 0.05) is 22.7 Å². The Morgan fingerprint density at radius 1 is 1.14 bits per heavy atom. The van der Waals surface area contributed by atoms with Gasteiger partial charge in [-0.15, -0.1) is 11.6 Å². The molecule has 2 aromatic carbocycles. The van der Waals surface area contributed by atoms with Crippen LogP contribution in [0.5, 0.6) is 0 Å². The van der Waals surface area contributed by atoms with Crippen LogP contribution in [0.1, 0.15) is 28.5 Å². The lowest BCUT2D eigenvalue weighted by molar-refractivity contribution is -0.116. The number of nitrogens with one attached hydrogen (secondary N) is 1. The highest BCUT2D eigenvalue weighted by atomic mass is 35.5. The number of halogens is 3. The van der Waals surface area contributed by atoms with Crippen molar-refractivity contribution in [1.29, 1.82) is 0 Å². The lowest BCUT2D eigenvalue weighted by Gasteiger charge is -2.20. The van der Waals surface area contributed by atoms with E-state index >= 15 is 0 Å². The highest BCUT2D eigenvalue weighted by Gasteiger charge is 2.21. The van der Waals surface area contributed by atoms with Gasteiger partial charge in [-0.2, -0.15) is 0 Å². The monoisotopic (exact) mass is 323 g/mol. The molecule has 5 heteroatoms. The van der Waals surface area contributed by atoms with Crippen LogP contribution in [0.25, 0.3) is 0 Å². The van der Waals surface area contributed by atoms with Gasteiger partial charge in [0.05, 0.1) is 5.38 Å². The summed E-state index contributed by atoms with van der Waals surface area (Å²) in [7, 11) is 0. The van der Waals surface area contributed by atoms with Crippen molar-refractivity contribution in [2.75, 3.05) is 5.32 Å². The van der Waals surface area contributed by atoms with Crippen LogP contribution in [0.3, 0.4) is 0 Å². The molecule has 1 N–H and O–H groups in total. The Hall–Kier alpha value is -1.58. The van der Waals surface area contributed by atoms with E-state index in [0.29, 0.717) is 29.1 Å². The van der Waals surface area contributed by atoms with Gasteiger partial charge >= 0.3 is 0 Å². The number of alkyl halides is 1. The highest BCUT2D eigenvalue weighted by Crippen LogP contribution is 2.35. The van der Waals surface area contributed by atoms with Crippen molar-refractivity contribution in [3.8, 4) is 0 Å². The first kappa shape index (κ1) is 14.4. The van der Waals surface area contributed by atoms with Crippen LogP contribution in [0, 0.1) is 5.82 Å². The summed E-state index contributed by atoms with van der Waals surface area (Å²) in [5.74, 6) is -0.513. The average Bonchev–Trinajstić information content (AvgIpc) is 2.46. The second-order valence-corrected chi connectivity index (χ2v) is 5.87. The zero-order valence-electron chi connectivity index (χ0n) is 11.0. The highest BCUT2D eigenvalue weighted by molar-refractivity contribution is 6.30. The second-order valence-electron chi connectivity index (χ2n) is 4.99. The summed E-state index contributed by atoms with van der Waals surface area (Å²) in [5.41, 5.74) is 2.63. The SMILES string of the molecule is O=C1CCc2cc(C(Cl)c3ccc(Cl)cc3)c(F)cc2N1. The molecule has 0 bridgehead atoms. The molecule has 1 heterocycles. The minimum atomic E-state index is -0.592. The zero-order valence-corrected chi connectivity index (χ0v) is 12.5. The molecular weight excluding hydrogens is 312 g/mol. The van der Waals surface area contributed by atoms with E-state index in [1.165, 1.54) is 6.07 Å². The quantitative estimate of drug-likeness (QED) is 0.798. The second kappa shape index (κ2) is 5.66. The molecule has 0 spiro atoms. The number of benzene rings is 2. The summed E-state index contributed by atoms with van der Waals surface area (Å²) in [6.07, 6.45) is 1.00. The minimum absolute atomic E-state index is 0.0882. The van der Waals surface area contributed by atoms with Gasteiger partial charge in [0.2, 0.25) is 5.91 Å². The number of hydrogen-bond donors (Lipinski definition) is 1. The van der Waals surface area contributed by atoms with E-state index < -0.39 is 11.2 Å². The molecular formula is C16H12Cl2FNO. The molecule has 3 rings (SSSR count). The van der Waals surface area contributed by atoms with Crippen LogP contribution < -0.4 is 5.32 Å². The van der Waals surface area contributed by atoms with E-state index in [-0.39, 0.29) is 5.91 Å². The Bertz CT molecular complexity index is 700. The first-order valence-electron chi connectivity index (χ1n) is 6.56. The normalized spacial score (nSPS) is 15.3. The summed E-state index contributed by atoms with van der Waals surface area (Å²) in [5, 5.41) is 2.69. The number of amides is 1. The summed E-state index contributed by atoms with van der Waals surface area (Å²) in [6, 6.07) is 10.1. The van der Waals surface area contributed by atoms with Gasteiger partial charge in [-0.25, -0.2) is 4.39 Å². The van der Waals surface area contributed by atoms with Crippen molar-refractivity contribution in [3.63, 3.8) is 0 Å². The van der Waals surface area contributed by atoms with Gasteiger partial charge in [-0.1, -0.05) is 23.7 Å². The summed E-state index contributed by atoms with van der Waals surface area (Å²) >= 11 is 12.2. The third-order valence-electron chi connectivity index (χ3n) is 3.55. The largest absolute Gasteiger partial charge is 0.326 e. The van der Waals surface area contributed by atoms with Gasteiger partial charge in [-0.05, 0) is 41.8 Å². The standard InChI is InChI=1S/C16H12Cl2FNO/c17-11-4-1-9(2-5-11)16(18)12-7-10-3-6-15(21)20-14(10)8-13(12)19/h1-2,4-5,7-8,16H,3,6H2,(H,20,21). The smallest absolute Gasteiger partial charge is 0.224 e. The van der Waals surface area contributed by atoms with Gasteiger partial charge in [-0.3, -0.25) is 4.79 Å². The molecule has 1 aliphatic heterocycles. The summed E-state index contributed by atoms with van der Waals surface area (Å²) in [6.45, 7) is 0. The lowest BCUT2D eigenvalue weighted by Crippen LogP contribution is -2.19. The lowest BCUT2D eigenvalue weighted by atomic mass is 9.96. The maximum atomic E-state index is 14.3. The van der Waals surface area contributed by atoms with Gasteiger partial charge in [0.25, 0.3) is 0 Å². The van der Waals surface area contributed by atoms with E-state index in [4.69, 9.17) is 23.2 Å². The molecule has 1 aliphatic rings. The molecule has 1 unspecified atom stereocenters. The van der Waals surface area contributed by atoms with Crippen molar-refractivity contribution < 1.29 is 9.18 Å². The predicted octanol–water partition coefficient (Wildman–Crippen LogP) is 4.69. The number of rotatable bonds is 2. The van der Waals surface area contributed by atoms with Crippen LogP contribution in [0.15, 0.2) is 36.4 Å². The van der Waals surface area contributed by atoms with Crippen LogP contribution in [-0.4, -0.2) is 5.91 Å². The molecule has 0 fully saturated rings. The predicted molar refractivity (Wildman–Crippen MR) is 82.5 cm³/mol. The van der Waals surface area contributed by atoms with Crippen molar-refractivity contribution in [2.24, 2.45) is 0 Å². The number of aryl methyl sites for hydroxylation is 1. The Kier molecular flexibility index (Phi) is 3.87. The molecule has 2 aromatic rings.